The standard InChI is InChI=1S/C11H11N3O2S/c15-9-5-8(6-12-7-9)11(16)14-2-1-10-13-3-4-17-10/h3-7,15H,1-2H2,(H,14,16). The van der Waals surface area contributed by atoms with Gasteiger partial charge < -0.3 is 10.4 Å². The Morgan fingerprint density at radius 2 is 2.35 bits per heavy atom. The molecule has 0 aliphatic heterocycles. The predicted octanol–water partition coefficient (Wildman–Crippen LogP) is 1.22. The van der Waals surface area contributed by atoms with E-state index in [9.17, 15) is 9.90 Å². The lowest BCUT2D eigenvalue weighted by molar-refractivity contribution is 0.0953. The number of hydrogen-bond donors (Lipinski definition) is 2. The summed E-state index contributed by atoms with van der Waals surface area (Å²) in [6, 6.07) is 1.38. The molecule has 0 spiro atoms. The van der Waals surface area contributed by atoms with Gasteiger partial charge in [-0.1, -0.05) is 0 Å². The second-order valence-corrected chi connectivity index (χ2v) is 4.34. The number of pyridine rings is 1. The molecule has 0 unspecified atom stereocenters. The molecule has 0 aromatic carbocycles. The van der Waals surface area contributed by atoms with Crippen LogP contribution in [0, 0.1) is 0 Å². The van der Waals surface area contributed by atoms with Crippen molar-refractivity contribution in [2.45, 2.75) is 6.42 Å². The molecule has 2 heterocycles. The normalized spacial score (nSPS) is 10.1. The summed E-state index contributed by atoms with van der Waals surface area (Å²) in [7, 11) is 0. The molecule has 0 aliphatic carbocycles. The molecule has 6 heteroatoms. The Morgan fingerprint density at radius 3 is 3.06 bits per heavy atom. The maximum absolute atomic E-state index is 11.6. The van der Waals surface area contributed by atoms with Crippen LogP contribution in [-0.4, -0.2) is 27.5 Å². The van der Waals surface area contributed by atoms with Gasteiger partial charge in [0.2, 0.25) is 0 Å². The van der Waals surface area contributed by atoms with E-state index < -0.39 is 0 Å². The van der Waals surface area contributed by atoms with Crippen LogP contribution in [0.15, 0.2) is 30.0 Å². The fourth-order valence-electron chi connectivity index (χ4n) is 1.31. The molecule has 0 atom stereocenters. The Hall–Kier alpha value is -1.95. The van der Waals surface area contributed by atoms with Gasteiger partial charge in [-0.15, -0.1) is 11.3 Å². The van der Waals surface area contributed by atoms with Crippen molar-refractivity contribution >= 4 is 17.2 Å². The van der Waals surface area contributed by atoms with Gasteiger partial charge in [-0.3, -0.25) is 9.78 Å². The van der Waals surface area contributed by atoms with Crippen molar-refractivity contribution < 1.29 is 9.90 Å². The van der Waals surface area contributed by atoms with Crippen LogP contribution in [0.4, 0.5) is 0 Å². The Bertz CT molecular complexity index is 499. The van der Waals surface area contributed by atoms with Crippen LogP contribution >= 0.6 is 11.3 Å². The third kappa shape index (κ3) is 3.25. The summed E-state index contributed by atoms with van der Waals surface area (Å²) >= 11 is 1.56. The van der Waals surface area contributed by atoms with Gasteiger partial charge in [0.1, 0.15) is 5.75 Å². The molecule has 0 saturated carbocycles. The Balaban J connectivity index is 1.85. The minimum atomic E-state index is -0.245. The van der Waals surface area contributed by atoms with Crippen LogP contribution in [0.3, 0.4) is 0 Å². The molecule has 0 fully saturated rings. The third-order valence-electron chi connectivity index (χ3n) is 2.09. The number of thiazole rings is 1. The zero-order chi connectivity index (χ0) is 12.1. The predicted molar refractivity (Wildman–Crippen MR) is 64.1 cm³/mol. The first-order valence-corrected chi connectivity index (χ1v) is 5.94. The summed E-state index contributed by atoms with van der Waals surface area (Å²) in [6.07, 6.45) is 5.14. The molecule has 2 rings (SSSR count). The van der Waals surface area contributed by atoms with Crippen molar-refractivity contribution in [2.75, 3.05) is 6.54 Å². The average Bonchev–Trinajstić information content (AvgIpc) is 2.82. The van der Waals surface area contributed by atoms with Gasteiger partial charge in [0.15, 0.2) is 0 Å². The van der Waals surface area contributed by atoms with E-state index in [0.29, 0.717) is 18.5 Å². The number of rotatable bonds is 4. The molecular formula is C11H11N3O2S. The van der Waals surface area contributed by atoms with Gasteiger partial charge in [0.25, 0.3) is 5.91 Å². The van der Waals surface area contributed by atoms with Gasteiger partial charge >= 0.3 is 0 Å². The molecule has 0 aliphatic rings. The molecule has 88 valence electrons. The zero-order valence-electron chi connectivity index (χ0n) is 8.96. The Labute approximate surface area is 102 Å². The van der Waals surface area contributed by atoms with Crippen molar-refractivity contribution in [3.63, 3.8) is 0 Å². The number of amides is 1. The van der Waals surface area contributed by atoms with E-state index in [0.717, 1.165) is 5.01 Å². The van der Waals surface area contributed by atoms with E-state index in [1.54, 1.807) is 17.5 Å². The van der Waals surface area contributed by atoms with E-state index in [4.69, 9.17) is 0 Å². The van der Waals surface area contributed by atoms with Gasteiger partial charge in [-0.2, -0.15) is 0 Å². The minimum absolute atomic E-state index is 0.0161. The zero-order valence-corrected chi connectivity index (χ0v) is 9.78. The summed E-state index contributed by atoms with van der Waals surface area (Å²) < 4.78 is 0. The van der Waals surface area contributed by atoms with Gasteiger partial charge in [-0.05, 0) is 6.07 Å². The van der Waals surface area contributed by atoms with E-state index in [1.165, 1.54) is 18.5 Å². The number of nitrogens with zero attached hydrogens (tertiary/aromatic N) is 2. The summed E-state index contributed by atoms with van der Waals surface area (Å²) in [5.74, 6) is -0.262. The van der Waals surface area contributed by atoms with Crippen LogP contribution in [0.2, 0.25) is 0 Å². The number of hydrogen-bond acceptors (Lipinski definition) is 5. The number of carbonyl (C=O) groups is 1. The lowest BCUT2D eigenvalue weighted by atomic mass is 10.2. The SMILES string of the molecule is O=C(NCCc1nccs1)c1cncc(O)c1. The van der Waals surface area contributed by atoms with Crippen LogP contribution in [0.25, 0.3) is 0 Å². The Morgan fingerprint density at radius 1 is 1.47 bits per heavy atom. The molecule has 5 nitrogen and oxygen atoms in total. The van der Waals surface area contributed by atoms with Gasteiger partial charge in [0.05, 0.1) is 16.8 Å². The van der Waals surface area contributed by atoms with Crippen molar-refractivity contribution in [2.24, 2.45) is 0 Å². The highest BCUT2D eigenvalue weighted by Crippen LogP contribution is 2.08. The second-order valence-electron chi connectivity index (χ2n) is 3.36. The van der Waals surface area contributed by atoms with Crippen LogP contribution in [-0.2, 0) is 6.42 Å². The number of nitrogens with one attached hydrogen (secondary N) is 1. The van der Waals surface area contributed by atoms with Crippen LogP contribution in [0.5, 0.6) is 5.75 Å². The van der Waals surface area contributed by atoms with Crippen molar-refractivity contribution in [1.82, 2.24) is 15.3 Å². The first-order chi connectivity index (χ1) is 8.25. The topological polar surface area (TPSA) is 75.1 Å². The summed E-state index contributed by atoms with van der Waals surface area (Å²) in [5, 5.41) is 14.8. The van der Waals surface area contributed by atoms with Crippen LogP contribution < -0.4 is 5.32 Å². The van der Waals surface area contributed by atoms with Crippen LogP contribution in [0.1, 0.15) is 15.4 Å². The van der Waals surface area contributed by atoms with Crippen molar-refractivity contribution in [3.8, 4) is 5.75 Å². The number of carbonyl (C=O) groups excluding carboxylic acids is 1. The fourth-order valence-corrected chi connectivity index (χ4v) is 1.93. The minimum Gasteiger partial charge on any atom is -0.506 e. The van der Waals surface area contributed by atoms with Gasteiger partial charge in [0, 0.05) is 30.7 Å². The molecule has 0 saturated heterocycles. The van der Waals surface area contributed by atoms with E-state index in [1.807, 2.05) is 5.38 Å². The molecule has 0 radical (unpaired) electrons. The quantitative estimate of drug-likeness (QED) is 0.854. The first kappa shape index (κ1) is 11.5. The largest absolute Gasteiger partial charge is 0.506 e. The number of aromatic hydroxyl groups is 1. The highest BCUT2D eigenvalue weighted by molar-refractivity contribution is 7.09. The summed E-state index contributed by atoms with van der Waals surface area (Å²) in [6.45, 7) is 0.516. The number of aromatic nitrogens is 2. The maximum atomic E-state index is 11.6. The van der Waals surface area contributed by atoms with E-state index in [-0.39, 0.29) is 11.7 Å². The maximum Gasteiger partial charge on any atom is 0.252 e. The third-order valence-corrected chi connectivity index (χ3v) is 2.93. The molecular weight excluding hydrogens is 238 g/mol. The first-order valence-electron chi connectivity index (χ1n) is 5.06. The molecule has 2 N–H and O–H groups in total. The summed E-state index contributed by atoms with van der Waals surface area (Å²) in [4.78, 5) is 19.5. The Kier molecular flexibility index (Phi) is 3.66. The molecule has 2 aromatic rings. The second kappa shape index (κ2) is 5.40. The van der Waals surface area contributed by atoms with Crippen molar-refractivity contribution in [3.05, 3.63) is 40.6 Å². The summed E-state index contributed by atoms with van der Waals surface area (Å²) in [5.41, 5.74) is 0.351. The lowest BCUT2D eigenvalue weighted by Crippen LogP contribution is -2.25. The highest BCUT2D eigenvalue weighted by atomic mass is 32.1. The average molecular weight is 249 g/mol. The van der Waals surface area contributed by atoms with Crippen molar-refractivity contribution in [1.29, 1.82) is 0 Å². The van der Waals surface area contributed by atoms with E-state index >= 15 is 0 Å². The lowest BCUT2D eigenvalue weighted by Gasteiger charge is -2.03. The van der Waals surface area contributed by atoms with Gasteiger partial charge in [-0.25, -0.2) is 4.98 Å². The smallest absolute Gasteiger partial charge is 0.252 e. The monoisotopic (exact) mass is 249 g/mol. The molecule has 1 amide bonds. The fraction of sp³-hybridized carbons (Fsp3) is 0.182. The molecule has 0 bridgehead atoms. The highest BCUT2D eigenvalue weighted by Gasteiger charge is 2.06. The molecule has 17 heavy (non-hydrogen) atoms. The van der Waals surface area contributed by atoms with E-state index in [2.05, 4.69) is 15.3 Å². The molecule has 2 aromatic heterocycles.